The molecule has 0 aromatic heterocycles. The number of carbonyl (C=O) groups is 1. The van der Waals surface area contributed by atoms with Crippen LogP contribution in [0.5, 0.6) is 5.75 Å². The van der Waals surface area contributed by atoms with Crippen molar-refractivity contribution in [3.8, 4) is 16.9 Å². The van der Waals surface area contributed by atoms with Crippen LogP contribution in [-0.4, -0.2) is 70.2 Å². The molecule has 5 atom stereocenters. The molecule has 0 aliphatic carbocycles. The number of ether oxygens (including phenoxy) is 2. The monoisotopic (exact) mass is 403 g/mol. The van der Waals surface area contributed by atoms with Gasteiger partial charge in [-0.15, -0.1) is 0 Å². The third kappa shape index (κ3) is 4.26. The van der Waals surface area contributed by atoms with Crippen molar-refractivity contribution in [3.05, 3.63) is 54.1 Å². The highest BCUT2D eigenvalue weighted by molar-refractivity contribution is 5.95. The summed E-state index contributed by atoms with van der Waals surface area (Å²) in [5.41, 5.74) is 0.353. The van der Waals surface area contributed by atoms with Gasteiger partial charge in [0.25, 0.3) is 5.91 Å². The van der Waals surface area contributed by atoms with Gasteiger partial charge in [0.05, 0.1) is 6.61 Å². The van der Waals surface area contributed by atoms with E-state index in [9.17, 15) is 25.2 Å². The van der Waals surface area contributed by atoms with E-state index in [1.54, 1.807) is 49.5 Å². The van der Waals surface area contributed by atoms with Crippen molar-refractivity contribution in [2.45, 2.75) is 37.1 Å². The fraction of sp³-hybridized carbons (Fsp3) is 0.381. The predicted molar refractivity (Wildman–Crippen MR) is 104 cm³/mol. The molecule has 156 valence electrons. The number of carbonyl (C=O) groups excluding carboxylic acids is 1. The molecule has 1 heterocycles. The predicted octanol–water partition coefficient (Wildman–Crippen LogP) is 0.282. The van der Waals surface area contributed by atoms with Gasteiger partial charge in [0.2, 0.25) is 6.29 Å². The highest BCUT2D eigenvalue weighted by Gasteiger charge is 2.53. The van der Waals surface area contributed by atoms with Gasteiger partial charge in [0.1, 0.15) is 24.1 Å². The molecular formula is C21H25NO7. The van der Waals surface area contributed by atoms with Crippen LogP contribution in [0.25, 0.3) is 11.1 Å². The van der Waals surface area contributed by atoms with E-state index in [1.807, 2.05) is 6.07 Å². The molecule has 29 heavy (non-hydrogen) atoms. The van der Waals surface area contributed by atoms with Crippen molar-refractivity contribution < 1.29 is 34.7 Å². The molecule has 2 aromatic carbocycles. The zero-order chi connectivity index (χ0) is 21.2. The molecule has 1 saturated heterocycles. The molecular weight excluding hydrogens is 378 g/mol. The van der Waals surface area contributed by atoms with E-state index >= 15 is 0 Å². The van der Waals surface area contributed by atoms with Crippen LogP contribution in [0.4, 0.5) is 0 Å². The lowest BCUT2D eigenvalue weighted by Gasteiger charge is -2.45. The van der Waals surface area contributed by atoms with E-state index in [-0.39, 0.29) is 5.91 Å². The second-order valence-corrected chi connectivity index (χ2v) is 7.15. The van der Waals surface area contributed by atoms with Crippen LogP contribution < -0.4 is 10.1 Å². The average Bonchev–Trinajstić information content (AvgIpc) is 2.74. The topological polar surface area (TPSA) is 128 Å². The molecule has 3 rings (SSSR count). The molecule has 8 nitrogen and oxygen atoms in total. The Balaban J connectivity index is 1.78. The lowest BCUT2D eigenvalue weighted by atomic mass is 9.88. The molecule has 0 saturated carbocycles. The van der Waals surface area contributed by atoms with Crippen LogP contribution in [0.15, 0.2) is 48.5 Å². The quantitative estimate of drug-likeness (QED) is 0.485. The Morgan fingerprint density at radius 2 is 1.86 bits per heavy atom. The Hall–Kier alpha value is -2.49. The standard InChI is InChI=1S/C21H25NO7/c1-21(27)18(25)17(24)16(11-23)29-20(21)28-15-8-6-12(7-9-15)13-4-3-5-14(10-13)19(26)22-2/h3-10,16-18,20,23-25,27H,11H2,1-2H3,(H,22,26)/t16?,17-,18?,20+,21+/m1/s1. The van der Waals surface area contributed by atoms with E-state index in [0.717, 1.165) is 11.1 Å². The summed E-state index contributed by atoms with van der Waals surface area (Å²) in [6.07, 6.45) is -5.36. The van der Waals surface area contributed by atoms with Crippen molar-refractivity contribution >= 4 is 5.91 Å². The largest absolute Gasteiger partial charge is 0.462 e. The first-order valence-corrected chi connectivity index (χ1v) is 9.22. The normalized spacial score (nSPS) is 29.3. The number of aliphatic hydroxyl groups excluding tert-OH is 3. The van der Waals surface area contributed by atoms with Gasteiger partial charge < -0.3 is 35.2 Å². The van der Waals surface area contributed by atoms with Gasteiger partial charge in [0.15, 0.2) is 5.60 Å². The van der Waals surface area contributed by atoms with E-state index in [0.29, 0.717) is 11.3 Å². The fourth-order valence-corrected chi connectivity index (χ4v) is 3.20. The lowest BCUT2D eigenvalue weighted by molar-refractivity contribution is -0.314. The molecule has 0 radical (unpaired) electrons. The van der Waals surface area contributed by atoms with Crippen molar-refractivity contribution in [1.82, 2.24) is 5.32 Å². The minimum atomic E-state index is -1.88. The zero-order valence-electron chi connectivity index (χ0n) is 16.1. The van der Waals surface area contributed by atoms with Crippen LogP contribution in [-0.2, 0) is 4.74 Å². The number of rotatable bonds is 5. The Kier molecular flexibility index (Phi) is 6.21. The van der Waals surface area contributed by atoms with Gasteiger partial charge in [-0.1, -0.05) is 24.3 Å². The lowest BCUT2D eigenvalue weighted by Crippen LogP contribution is -2.66. The highest BCUT2D eigenvalue weighted by atomic mass is 16.7. The van der Waals surface area contributed by atoms with Crippen LogP contribution in [0.3, 0.4) is 0 Å². The zero-order valence-corrected chi connectivity index (χ0v) is 16.1. The van der Waals surface area contributed by atoms with Gasteiger partial charge in [-0.3, -0.25) is 4.79 Å². The first kappa shape index (κ1) is 21.2. The van der Waals surface area contributed by atoms with Gasteiger partial charge in [-0.05, 0) is 42.3 Å². The minimum Gasteiger partial charge on any atom is -0.462 e. The smallest absolute Gasteiger partial charge is 0.251 e. The van der Waals surface area contributed by atoms with Crippen molar-refractivity contribution in [1.29, 1.82) is 0 Å². The SMILES string of the molecule is CNC(=O)c1cccc(-c2ccc(O[C@H]3OC(CO)[C@@H](O)C(O)[C@]3(C)O)cc2)c1. The highest BCUT2D eigenvalue weighted by Crippen LogP contribution is 2.32. The first-order valence-electron chi connectivity index (χ1n) is 9.22. The van der Waals surface area contributed by atoms with E-state index < -0.39 is 36.8 Å². The van der Waals surface area contributed by atoms with Crippen molar-refractivity contribution in [2.24, 2.45) is 0 Å². The first-order chi connectivity index (χ1) is 13.8. The number of amides is 1. The molecule has 1 fully saturated rings. The number of aliphatic hydroxyl groups is 4. The molecule has 0 spiro atoms. The van der Waals surface area contributed by atoms with Gasteiger partial charge in [0, 0.05) is 12.6 Å². The van der Waals surface area contributed by atoms with Gasteiger partial charge in [-0.25, -0.2) is 0 Å². The number of nitrogens with one attached hydrogen (secondary N) is 1. The van der Waals surface area contributed by atoms with Gasteiger partial charge >= 0.3 is 0 Å². The maximum absolute atomic E-state index is 11.8. The van der Waals surface area contributed by atoms with E-state index in [2.05, 4.69) is 5.32 Å². The Morgan fingerprint density at radius 1 is 1.17 bits per heavy atom. The molecule has 2 aromatic rings. The Labute approximate surface area is 168 Å². The average molecular weight is 403 g/mol. The molecule has 8 heteroatoms. The third-order valence-corrected chi connectivity index (χ3v) is 5.04. The summed E-state index contributed by atoms with van der Waals surface area (Å²) in [5.74, 6) is 0.185. The molecule has 1 aliphatic rings. The molecule has 1 amide bonds. The Bertz CT molecular complexity index is 852. The third-order valence-electron chi connectivity index (χ3n) is 5.04. The molecule has 1 aliphatic heterocycles. The summed E-state index contributed by atoms with van der Waals surface area (Å²) in [6, 6.07) is 14.0. The number of hydrogen-bond donors (Lipinski definition) is 5. The summed E-state index contributed by atoms with van der Waals surface area (Å²) >= 11 is 0. The molecule has 0 bridgehead atoms. The minimum absolute atomic E-state index is 0.178. The summed E-state index contributed by atoms with van der Waals surface area (Å²) in [6.45, 7) is 0.757. The summed E-state index contributed by atoms with van der Waals surface area (Å²) in [7, 11) is 1.57. The maximum Gasteiger partial charge on any atom is 0.251 e. The summed E-state index contributed by atoms with van der Waals surface area (Å²) in [4.78, 5) is 11.8. The molecule has 2 unspecified atom stereocenters. The van der Waals surface area contributed by atoms with E-state index in [4.69, 9.17) is 9.47 Å². The number of hydrogen-bond acceptors (Lipinski definition) is 7. The Morgan fingerprint density at radius 3 is 2.48 bits per heavy atom. The second-order valence-electron chi connectivity index (χ2n) is 7.15. The van der Waals surface area contributed by atoms with Crippen molar-refractivity contribution in [2.75, 3.05) is 13.7 Å². The van der Waals surface area contributed by atoms with E-state index in [1.165, 1.54) is 6.92 Å². The molecule has 5 N–H and O–H groups in total. The summed E-state index contributed by atoms with van der Waals surface area (Å²) in [5, 5.41) is 42.5. The van der Waals surface area contributed by atoms with Crippen molar-refractivity contribution in [3.63, 3.8) is 0 Å². The second kappa shape index (κ2) is 8.48. The van der Waals surface area contributed by atoms with Crippen LogP contribution in [0.1, 0.15) is 17.3 Å². The van der Waals surface area contributed by atoms with Gasteiger partial charge in [-0.2, -0.15) is 0 Å². The maximum atomic E-state index is 11.8. The summed E-state index contributed by atoms with van der Waals surface area (Å²) < 4.78 is 11.1. The van der Waals surface area contributed by atoms with Crippen LogP contribution >= 0.6 is 0 Å². The number of benzene rings is 2. The van der Waals surface area contributed by atoms with Crippen LogP contribution in [0.2, 0.25) is 0 Å². The fourth-order valence-electron chi connectivity index (χ4n) is 3.20. The van der Waals surface area contributed by atoms with Crippen LogP contribution in [0, 0.1) is 0 Å².